The van der Waals surface area contributed by atoms with Gasteiger partial charge >= 0.3 is 0 Å². The number of carbonyl (C=O) groups is 2. The van der Waals surface area contributed by atoms with Crippen molar-refractivity contribution >= 4 is 28.4 Å². The van der Waals surface area contributed by atoms with Crippen molar-refractivity contribution in [1.82, 2.24) is 9.88 Å². The van der Waals surface area contributed by atoms with Crippen molar-refractivity contribution in [2.24, 2.45) is 0 Å². The number of nitrogens with one attached hydrogen (secondary N) is 1. The Morgan fingerprint density at radius 2 is 1.81 bits per heavy atom. The van der Waals surface area contributed by atoms with Crippen LogP contribution in [0.15, 0.2) is 48.5 Å². The van der Waals surface area contributed by atoms with Crippen LogP contribution in [0.2, 0.25) is 0 Å². The minimum Gasteiger partial charge on any atom is -0.358 e. The first kappa shape index (κ1) is 16.2. The van der Waals surface area contributed by atoms with Gasteiger partial charge in [-0.25, -0.2) is 9.29 Å². The Morgan fingerprint density at radius 1 is 1.04 bits per heavy atom. The Bertz CT molecular complexity index is 1070. The third-order valence-corrected chi connectivity index (χ3v) is 5.57. The molecule has 0 spiro atoms. The van der Waals surface area contributed by atoms with Gasteiger partial charge in [-0.05, 0) is 23.8 Å². The summed E-state index contributed by atoms with van der Waals surface area (Å²) >= 11 is 0. The first-order chi connectivity index (χ1) is 13.1. The molecule has 0 saturated carbocycles. The van der Waals surface area contributed by atoms with Crippen LogP contribution >= 0.6 is 0 Å². The number of hydrogen-bond donors (Lipinski definition) is 1. The maximum Gasteiger partial charge on any atom is 0.251 e. The Kier molecular flexibility index (Phi) is 3.62. The van der Waals surface area contributed by atoms with Crippen molar-refractivity contribution in [3.05, 3.63) is 65.6 Å². The molecular formula is C21H18FN3O2. The molecule has 1 N–H and O–H groups in total. The molecule has 3 heterocycles. The predicted octanol–water partition coefficient (Wildman–Crippen LogP) is 3.00. The molecule has 2 aliphatic heterocycles. The van der Waals surface area contributed by atoms with Crippen molar-refractivity contribution < 1.29 is 14.0 Å². The first-order valence-corrected chi connectivity index (χ1v) is 9.07. The summed E-state index contributed by atoms with van der Waals surface area (Å²) in [5, 5.41) is 1.15. The second kappa shape index (κ2) is 6.03. The fourth-order valence-corrected chi connectivity index (χ4v) is 4.24. The fourth-order valence-electron chi connectivity index (χ4n) is 4.24. The van der Waals surface area contributed by atoms with Crippen molar-refractivity contribution in [1.29, 1.82) is 0 Å². The lowest BCUT2D eigenvalue weighted by atomic mass is 10.0. The van der Waals surface area contributed by atoms with E-state index in [2.05, 4.69) is 11.1 Å². The molecule has 1 unspecified atom stereocenters. The van der Waals surface area contributed by atoms with E-state index in [4.69, 9.17) is 0 Å². The minimum absolute atomic E-state index is 0.0415. The zero-order valence-electron chi connectivity index (χ0n) is 14.6. The summed E-state index contributed by atoms with van der Waals surface area (Å²) in [6, 6.07) is 13.5. The number of amides is 2. The largest absolute Gasteiger partial charge is 0.358 e. The lowest BCUT2D eigenvalue weighted by molar-refractivity contribution is -0.123. The van der Waals surface area contributed by atoms with Gasteiger partial charge in [0.1, 0.15) is 5.82 Å². The van der Waals surface area contributed by atoms with Crippen LogP contribution in [0, 0.1) is 5.82 Å². The number of carbonyl (C=O) groups excluding carboxylic acids is 2. The van der Waals surface area contributed by atoms with Crippen LogP contribution in [0.1, 0.15) is 17.7 Å². The molecule has 1 aromatic heterocycles. The average molecular weight is 363 g/mol. The molecule has 1 fully saturated rings. The molecule has 2 amide bonds. The second-order valence-electron chi connectivity index (χ2n) is 7.09. The maximum absolute atomic E-state index is 14.1. The molecule has 0 radical (unpaired) electrons. The molecule has 2 aliphatic rings. The van der Waals surface area contributed by atoms with E-state index in [1.54, 1.807) is 12.1 Å². The number of anilines is 1. The standard InChI is InChI=1S/C21H18FN3O2/c22-15-6-2-4-8-18(15)25-20(26)11-19(21(25)27)24-10-9-17-14(12-24)13-5-1-3-7-16(13)23-17/h1-8,19,23H,9-12H2. The molecule has 5 nitrogen and oxygen atoms in total. The molecule has 1 atom stereocenters. The van der Waals surface area contributed by atoms with Crippen molar-refractivity contribution in [3.63, 3.8) is 0 Å². The van der Waals surface area contributed by atoms with Crippen LogP contribution in [-0.4, -0.2) is 34.3 Å². The lowest BCUT2D eigenvalue weighted by Gasteiger charge is -2.31. The lowest BCUT2D eigenvalue weighted by Crippen LogP contribution is -2.44. The second-order valence-corrected chi connectivity index (χ2v) is 7.09. The van der Waals surface area contributed by atoms with E-state index >= 15 is 0 Å². The van der Waals surface area contributed by atoms with Crippen LogP contribution in [-0.2, 0) is 22.6 Å². The van der Waals surface area contributed by atoms with E-state index in [-0.39, 0.29) is 23.9 Å². The highest BCUT2D eigenvalue weighted by atomic mass is 19.1. The first-order valence-electron chi connectivity index (χ1n) is 9.07. The summed E-state index contributed by atoms with van der Waals surface area (Å²) in [5.41, 5.74) is 3.50. The highest BCUT2D eigenvalue weighted by Gasteiger charge is 2.44. The summed E-state index contributed by atoms with van der Waals surface area (Å²) in [5.74, 6) is -1.24. The number of para-hydroxylation sites is 2. The van der Waals surface area contributed by atoms with Gasteiger partial charge in [-0.15, -0.1) is 0 Å². The molecule has 3 aromatic rings. The van der Waals surface area contributed by atoms with E-state index in [0.29, 0.717) is 13.1 Å². The number of aromatic nitrogens is 1. The van der Waals surface area contributed by atoms with Crippen molar-refractivity contribution in [2.45, 2.75) is 25.4 Å². The van der Waals surface area contributed by atoms with Crippen molar-refractivity contribution in [3.8, 4) is 0 Å². The third kappa shape index (κ3) is 2.48. The number of imide groups is 1. The molecule has 5 rings (SSSR count). The van der Waals surface area contributed by atoms with Crippen LogP contribution < -0.4 is 4.90 Å². The number of H-pyrrole nitrogens is 1. The number of fused-ring (bicyclic) bond motifs is 3. The Balaban J connectivity index is 1.45. The third-order valence-electron chi connectivity index (χ3n) is 5.57. The minimum atomic E-state index is -0.558. The molecule has 1 saturated heterocycles. The molecular weight excluding hydrogens is 345 g/mol. The Morgan fingerprint density at radius 3 is 2.67 bits per heavy atom. The number of hydrogen-bond acceptors (Lipinski definition) is 3. The summed E-state index contributed by atoms with van der Waals surface area (Å²) in [7, 11) is 0. The number of aromatic amines is 1. The van der Waals surface area contributed by atoms with E-state index in [1.807, 2.05) is 23.1 Å². The SMILES string of the molecule is O=C1CC(N2CCc3[nH]c4ccccc4c3C2)C(=O)N1c1ccccc1F. The normalized spacial score (nSPS) is 20.5. The van der Waals surface area contributed by atoms with Gasteiger partial charge in [0.25, 0.3) is 5.91 Å². The Labute approximate surface area is 155 Å². The fraction of sp³-hybridized carbons (Fsp3) is 0.238. The molecule has 2 aromatic carbocycles. The van der Waals surface area contributed by atoms with Gasteiger partial charge in [-0.1, -0.05) is 30.3 Å². The van der Waals surface area contributed by atoms with Crippen LogP contribution in [0.25, 0.3) is 10.9 Å². The predicted molar refractivity (Wildman–Crippen MR) is 99.7 cm³/mol. The van der Waals surface area contributed by atoms with Crippen molar-refractivity contribution in [2.75, 3.05) is 11.4 Å². The zero-order valence-corrected chi connectivity index (χ0v) is 14.6. The van der Waals surface area contributed by atoms with Gasteiger partial charge in [0.15, 0.2) is 0 Å². The van der Waals surface area contributed by atoms with Gasteiger partial charge in [0.2, 0.25) is 5.91 Å². The molecule has 6 heteroatoms. The molecule has 0 bridgehead atoms. The molecule has 27 heavy (non-hydrogen) atoms. The number of benzene rings is 2. The number of nitrogens with zero attached hydrogens (tertiary/aromatic N) is 2. The molecule has 136 valence electrons. The number of halogens is 1. The zero-order chi connectivity index (χ0) is 18.5. The molecule has 0 aliphatic carbocycles. The summed E-state index contributed by atoms with van der Waals surface area (Å²) in [4.78, 5) is 32.0. The summed E-state index contributed by atoms with van der Waals surface area (Å²) in [6.07, 6.45) is 0.881. The number of rotatable bonds is 2. The Hall–Kier alpha value is -2.99. The van der Waals surface area contributed by atoms with Gasteiger partial charge in [-0.2, -0.15) is 0 Å². The van der Waals surface area contributed by atoms with Gasteiger partial charge in [0, 0.05) is 36.1 Å². The maximum atomic E-state index is 14.1. The van der Waals surface area contributed by atoms with Crippen LogP contribution in [0.4, 0.5) is 10.1 Å². The van der Waals surface area contributed by atoms with E-state index < -0.39 is 11.9 Å². The van der Waals surface area contributed by atoms with E-state index in [0.717, 1.165) is 22.2 Å². The van der Waals surface area contributed by atoms with Gasteiger partial charge in [0.05, 0.1) is 18.2 Å². The van der Waals surface area contributed by atoms with Gasteiger partial charge < -0.3 is 4.98 Å². The van der Waals surface area contributed by atoms with Gasteiger partial charge in [-0.3, -0.25) is 14.5 Å². The average Bonchev–Trinajstić information content (AvgIpc) is 3.19. The van der Waals surface area contributed by atoms with Crippen LogP contribution in [0.5, 0.6) is 0 Å². The van der Waals surface area contributed by atoms with E-state index in [9.17, 15) is 14.0 Å². The monoisotopic (exact) mass is 363 g/mol. The smallest absolute Gasteiger partial charge is 0.251 e. The van der Waals surface area contributed by atoms with E-state index in [1.165, 1.54) is 23.4 Å². The quantitative estimate of drug-likeness (QED) is 0.712. The summed E-state index contributed by atoms with van der Waals surface area (Å²) in [6.45, 7) is 1.29. The highest BCUT2D eigenvalue weighted by Crippen LogP contribution is 2.32. The topological polar surface area (TPSA) is 56.4 Å². The highest BCUT2D eigenvalue weighted by molar-refractivity contribution is 6.22. The van der Waals surface area contributed by atoms with Crippen LogP contribution in [0.3, 0.4) is 0 Å². The summed E-state index contributed by atoms with van der Waals surface area (Å²) < 4.78 is 14.1.